The summed E-state index contributed by atoms with van der Waals surface area (Å²) in [4.78, 5) is 19.5. The van der Waals surface area contributed by atoms with Gasteiger partial charge in [0.15, 0.2) is 0 Å². The quantitative estimate of drug-likeness (QED) is 0.267. The van der Waals surface area contributed by atoms with Crippen LogP contribution >= 0.6 is 23.4 Å². The molecule has 37 heavy (non-hydrogen) atoms. The third-order valence-electron chi connectivity index (χ3n) is 6.12. The predicted molar refractivity (Wildman–Crippen MR) is 154 cm³/mol. The summed E-state index contributed by atoms with van der Waals surface area (Å²) in [5, 5.41) is 7.49. The minimum Gasteiger partial charge on any atom is -0.444 e. The van der Waals surface area contributed by atoms with E-state index in [2.05, 4.69) is 56.4 Å². The molecule has 1 amide bonds. The first-order valence-corrected chi connectivity index (χ1v) is 13.6. The molecule has 0 atom stereocenters. The fraction of sp³-hybridized carbons (Fsp3) is 0.357. The van der Waals surface area contributed by atoms with E-state index in [0.29, 0.717) is 10.7 Å². The number of thioether (sulfide) groups is 1. The van der Waals surface area contributed by atoms with Gasteiger partial charge in [-0.05, 0) is 54.6 Å². The van der Waals surface area contributed by atoms with E-state index < -0.39 is 6.09 Å². The number of aryl methyl sites for hydroxylation is 2. The second-order valence-corrected chi connectivity index (χ2v) is 10.2. The monoisotopic (exact) mass is 540 g/mol. The first-order valence-electron chi connectivity index (χ1n) is 12.4. The number of carbonyl (C=O) groups is 1. The summed E-state index contributed by atoms with van der Waals surface area (Å²) in [6.07, 6.45) is 3.60. The van der Waals surface area contributed by atoms with Crippen molar-refractivity contribution in [2.24, 2.45) is 4.99 Å². The molecule has 1 aliphatic rings. The lowest BCUT2D eigenvalue weighted by Crippen LogP contribution is -2.36. The van der Waals surface area contributed by atoms with Gasteiger partial charge < -0.3 is 14.0 Å². The standard InChI is InChI=1S/C28H33ClN4O3S/c1-4-33-18-25(31-28(34)36-19-21-14-20(2)15-23(29)16-21)24-17-22(6-7-26(24)33)27(30-3)37-13-5-8-32-9-11-35-12-10-32/h5-7,13-18H,4,8-12,19H2,1-3H3,(H,31,34)/b13-5+,30-27-. The van der Waals surface area contributed by atoms with Gasteiger partial charge in [0.05, 0.1) is 24.4 Å². The number of carbonyl (C=O) groups excluding carboxylic acids is 1. The number of halogens is 1. The average molecular weight is 541 g/mol. The molecule has 7 nitrogen and oxygen atoms in total. The van der Waals surface area contributed by atoms with Crippen LogP contribution < -0.4 is 5.32 Å². The van der Waals surface area contributed by atoms with Gasteiger partial charge in [-0.3, -0.25) is 15.2 Å². The third-order valence-corrected chi connectivity index (χ3v) is 7.31. The zero-order valence-corrected chi connectivity index (χ0v) is 23.1. The number of fused-ring (bicyclic) bond motifs is 1. The molecule has 1 N–H and O–H groups in total. The third kappa shape index (κ3) is 7.38. The second kappa shape index (κ2) is 13.1. The second-order valence-electron chi connectivity index (χ2n) is 8.83. The van der Waals surface area contributed by atoms with Gasteiger partial charge in [0.1, 0.15) is 11.7 Å². The van der Waals surface area contributed by atoms with E-state index in [9.17, 15) is 4.79 Å². The Kier molecular flexibility index (Phi) is 9.68. The van der Waals surface area contributed by atoms with Crippen LogP contribution in [-0.4, -0.2) is 60.5 Å². The molecule has 9 heteroatoms. The average Bonchev–Trinajstić information content (AvgIpc) is 3.24. The van der Waals surface area contributed by atoms with Crippen LogP contribution in [0.15, 0.2) is 59.1 Å². The molecule has 2 aromatic carbocycles. The molecule has 0 aliphatic carbocycles. The summed E-state index contributed by atoms with van der Waals surface area (Å²) in [7, 11) is 1.80. The lowest BCUT2D eigenvalue weighted by atomic mass is 10.1. The summed E-state index contributed by atoms with van der Waals surface area (Å²) < 4.78 is 13.0. The van der Waals surface area contributed by atoms with E-state index in [1.807, 2.05) is 25.3 Å². The van der Waals surface area contributed by atoms with Crippen molar-refractivity contribution in [2.45, 2.75) is 27.0 Å². The highest BCUT2D eigenvalue weighted by molar-refractivity contribution is 8.16. The van der Waals surface area contributed by atoms with Gasteiger partial charge in [-0.25, -0.2) is 4.79 Å². The molecule has 0 bridgehead atoms. The van der Waals surface area contributed by atoms with Crippen molar-refractivity contribution in [2.75, 3.05) is 45.2 Å². The van der Waals surface area contributed by atoms with Gasteiger partial charge in [0.25, 0.3) is 0 Å². The Balaban J connectivity index is 1.45. The maximum atomic E-state index is 12.7. The van der Waals surface area contributed by atoms with Gasteiger partial charge in [-0.1, -0.05) is 41.6 Å². The fourth-order valence-electron chi connectivity index (χ4n) is 4.32. The van der Waals surface area contributed by atoms with Gasteiger partial charge in [-0.15, -0.1) is 0 Å². The number of benzene rings is 2. The molecule has 1 fully saturated rings. The zero-order valence-electron chi connectivity index (χ0n) is 21.5. The Hall–Kier alpha value is -2.78. The van der Waals surface area contributed by atoms with Gasteiger partial charge in [0, 0.05) is 55.4 Å². The Morgan fingerprint density at radius 1 is 1.24 bits per heavy atom. The largest absolute Gasteiger partial charge is 0.444 e. The number of nitrogens with zero attached hydrogens (tertiary/aromatic N) is 3. The Labute approximate surface area is 227 Å². The van der Waals surface area contributed by atoms with Crippen LogP contribution in [0.25, 0.3) is 10.9 Å². The SMILES string of the molecule is CCn1cc(NC(=O)OCc2cc(C)cc(Cl)c2)c2cc(/C(=N/C)S/C=C/CN3CCOCC3)ccc21. The first kappa shape index (κ1) is 27.3. The minimum atomic E-state index is -0.511. The van der Waals surface area contributed by atoms with Crippen molar-refractivity contribution in [3.05, 3.63) is 75.8 Å². The Bertz CT molecular complexity index is 1280. The fourth-order valence-corrected chi connectivity index (χ4v) is 5.31. The number of hydrogen-bond acceptors (Lipinski definition) is 6. The molecule has 1 saturated heterocycles. The molecule has 0 unspecified atom stereocenters. The lowest BCUT2D eigenvalue weighted by molar-refractivity contribution is 0.0434. The highest BCUT2D eigenvalue weighted by Crippen LogP contribution is 2.29. The molecule has 2 heterocycles. The first-order chi connectivity index (χ1) is 18.0. The Morgan fingerprint density at radius 2 is 2.05 bits per heavy atom. The maximum absolute atomic E-state index is 12.7. The number of hydrogen-bond donors (Lipinski definition) is 1. The van der Waals surface area contributed by atoms with Crippen LogP contribution in [0.4, 0.5) is 10.5 Å². The number of rotatable bonds is 8. The summed E-state index contributed by atoms with van der Waals surface area (Å²) >= 11 is 7.72. The number of anilines is 1. The molecule has 1 aromatic heterocycles. The highest BCUT2D eigenvalue weighted by Gasteiger charge is 2.14. The zero-order chi connectivity index (χ0) is 26.2. The van der Waals surface area contributed by atoms with Crippen LogP contribution in [0.2, 0.25) is 5.02 Å². The van der Waals surface area contributed by atoms with E-state index in [4.69, 9.17) is 21.1 Å². The van der Waals surface area contributed by atoms with E-state index >= 15 is 0 Å². The van der Waals surface area contributed by atoms with E-state index in [1.165, 1.54) is 0 Å². The number of ether oxygens (including phenoxy) is 2. The molecular formula is C28H33ClN4O3S. The van der Waals surface area contributed by atoms with Crippen molar-refractivity contribution >= 4 is 51.1 Å². The van der Waals surface area contributed by atoms with E-state index in [-0.39, 0.29) is 6.61 Å². The topological polar surface area (TPSA) is 68.1 Å². The minimum absolute atomic E-state index is 0.144. The molecule has 0 radical (unpaired) electrons. The van der Waals surface area contributed by atoms with Crippen LogP contribution in [0.3, 0.4) is 0 Å². The normalized spacial score (nSPS) is 15.0. The van der Waals surface area contributed by atoms with Gasteiger partial charge in [0.2, 0.25) is 0 Å². The van der Waals surface area contributed by atoms with Crippen LogP contribution in [0.1, 0.15) is 23.6 Å². The summed E-state index contributed by atoms with van der Waals surface area (Å²) in [5.41, 5.74) is 4.61. The molecule has 1 aliphatic heterocycles. The van der Waals surface area contributed by atoms with Crippen LogP contribution in [0.5, 0.6) is 0 Å². The van der Waals surface area contributed by atoms with Gasteiger partial charge >= 0.3 is 6.09 Å². The summed E-state index contributed by atoms with van der Waals surface area (Å²) in [6, 6.07) is 11.8. The number of morpholine rings is 1. The summed E-state index contributed by atoms with van der Waals surface area (Å²) in [5.74, 6) is 0. The molecule has 0 spiro atoms. The molecular weight excluding hydrogens is 508 g/mol. The van der Waals surface area contributed by atoms with Crippen molar-refractivity contribution in [1.29, 1.82) is 0 Å². The smallest absolute Gasteiger partial charge is 0.412 e. The van der Waals surface area contributed by atoms with Crippen molar-refractivity contribution in [3.8, 4) is 0 Å². The lowest BCUT2D eigenvalue weighted by Gasteiger charge is -2.25. The highest BCUT2D eigenvalue weighted by atomic mass is 35.5. The number of nitrogens with one attached hydrogen (secondary N) is 1. The van der Waals surface area contributed by atoms with Crippen molar-refractivity contribution in [3.63, 3.8) is 0 Å². The van der Waals surface area contributed by atoms with E-state index in [1.54, 1.807) is 24.9 Å². The number of amides is 1. The number of aromatic nitrogens is 1. The van der Waals surface area contributed by atoms with E-state index in [0.717, 1.165) is 72.0 Å². The Morgan fingerprint density at radius 3 is 2.78 bits per heavy atom. The van der Waals surface area contributed by atoms with Crippen molar-refractivity contribution < 1.29 is 14.3 Å². The van der Waals surface area contributed by atoms with Crippen molar-refractivity contribution in [1.82, 2.24) is 9.47 Å². The molecule has 4 rings (SSSR count). The molecule has 0 saturated carbocycles. The summed E-state index contributed by atoms with van der Waals surface area (Å²) in [6.45, 7) is 9.37. The van der Waals surface area contributed by atoms with Crippen LogP contribution in [0, 0.1) is 6.92 Å². The maximum Gasteiger partial charge on any atom is 0.412 e. The predicted octanol–water partition coefficient (Wildman–Crippen LogP) is 6.33. The van der Waals surface area contributed by atoms with Gasteiger partial charge in [-0.2, -0.15) is 0 Å². The molecule has 196 valence electrons. The number of aliphatic imine (C=N–C) groups is 1. The molecule has 3 aromatic rings. The van der Waals surface area contributed by atoms with Crippen LogP contribution in [-0.2, 0) is 22.6 Å².